The number of nitriles is 1. The Morgan fingerprint density at radius 2 is 2.21 bits per heavy atom. The first-order valence-electron chi connectivity index (χ1n) is 3.80. The highest BCUT2D eigenvalue weighted by atomic mass is 127. The summed E-state index contributed by atoms with van der Waals surface area (Å²) in [6.45, 7) is 1.38. The predicted octanol–water partition coefficient (Wildman–Crippen LogP) is 2.18. The Kier molecular flexibility index (Phi) is 3.36. The maximum atomic E-state index is 11.2. The number of hydrogen-bond acceptors (Lipinski definition) is 3. The Morgan fingerprint density at radius 1 is 1.57 bits per heavy atom. The number of ketones is 1. The van der Waals surface area contributed by atoms with E-state index in [2.05, 4.69) is 0 Å². The average Bonchev–Trinajstić information content (AvgIpc) is 2.16. The normalized spacial score (nSPS) is 9.21. The smallest absolute Gasteiger partial charge is 0.161 e. The van der Waals surface area contributed by atoms with Gasteiger partial charge in [-0.3, -0.25) is 9.59 Å². The third-order valence-electron chi connectivity index (χ3n) is 1.75. The Hall–Kier alpha value is -1.22. The molecule has 0 bridgehead atoms. The first-order valence-corrected chi connectivity index (χ1v) is 4.87. The number of aldehydes is 1. The molecule has 1 aromatic rings. The second-order valence-corrected chi connectivity index (χ2v) is 3.95. The molecule has 70 valence electrons. The fourth-order valence-electron chi connectivity index (χ4n) is 1.12. The molecule has 0 saturated carbocycles. The monoisotopic (exact) mass is 299 g/mol. The summed E-state index contributed by atoms with van der Waals surface area (Å²) in [6.07, 6.45) is 0.590. The number of hydrogen-bond donors (Lipinski definition) is 0. The number of halogens is 1. The van der Waals surface area contributed by atoms with E-state index in [0.29, 0.717) is 11.8 Å². The lowest BCUT2D eigenvalue weighted by Gasteiger charge is -2.03. The fraction of sp³-hybridized carbons (Fsp3) is 0.100. The Labute approximate surface area is 94.9 Å². The maximum Gasteiger partial charge on any atom is 0.161 e. The molecular formula is C10H6INO2. The lowest BCUT2D eigenvalue weighted by Crippen LogP contribution is -2.01. The van der Waals surface area contributed by atoms with E-state index in [-0.39, 0.29) is 16.9 Å². The van der Waals surface area contributed by atoms with Crippen LogP contribution in [0.1, 0.15) is 33.2 Å². The van der Waals surface area contributed by atoms with Crippen LogP contribution < -0.4 is 0 Å². The fourth-order valence-corrected chi connectivity index (χ4v) is 1.77. The van der Waals surface area contributed by atoms with Crippen molar-refractivity contribution in [1.29, 1.82) is 5.26 Å². The summed E-state index contributed by atoms with van der Waals surface area (Å²) in [7, 11) is 0. The van der Waals surface area contributed by atoms with Gasteiger partial charge in [0.05, 0.1) is 5.56 Å². The molecule has 1 aromatic carbocycles. The van der Waals surface area contributed by atoms with Crippen molar-refractivity contribution < 1.29 is 9.59 Å². The van der Waals surface area contributed by atoms with E-state index >= 15 is 0 Å². The zero-order valence-corrected chi connectivity index (χ0v) is 9.53. The second kappa shape index (κ2) is 4.33. The first kappa shape index (κ1) is 10.9. The van der Waals surface area contributed by atoms with Crippen LogP contribution in [0.3, 0.4) is 0 Å². The highest BCUT2D eigenvalue weighted by molar-refractivity contribution is 14.1. The Bertz CT molecular complexity index is 446. The summed E-state index contributed by atoms with van der Waals surface area (Å²) in [4.78, 5) is 21.8. The molecule has 0 aromatic heterocycles. The maximum absolute atomic E-state index is 11.2. The molecule has 0 heterocycles. The number of nitrogens with zero attached hydrogens (tertiary/aromatic N) is 1. The third kappa shape index (κ3) is 1.99. The van der Waals surface area contributed by atoms with Crippen molar-refractivity contribution in [2.24, 2.45) is 0 Å². The van der Waals surface area contributed by atoms with E-state index in [4.69, 9.17) is 5.26 Å². The van der Waals surface area contributed by atoms with Gasteiger partial charge in [-0.2, -0.15) is 5.26 Å². The van der Waals surface area contributed by atoms with Crippen LogP contribution in [0.15, 0.2) is 12.1 Å². The van der Waals surface area contributed by atoms with Crippen molar-refractivity contribution in [3.8, 4) is 6.07 Å². The van der Waals surface area contributed by atoms with Gasteiger partial charge < -0.3 is 0 Å². The number of Topliss-reactive ketones (excluding diaryl/α,β-unsaturated/α-hetero) is 1. The quantitative estimate of drug-likeness (QED) is 0.478. The minimum atomic E-state index is -0.205. The second-order valence-electron chi connectivity index (χ2n) is 2.70. The predicted molar refractivity (Wildman–Crippen MR) is 59.3 cm³/mol. The van der Waals surface area contributed by atoms with Crippen LogP contribution in [0.4, 0.5) is 0 Å². The van der Waals surface area contributed by atoms with Crippen LogP contribution in [0.25, 0.3) is 0 Å². The van der Waals surface area contributed by atoms with E-state index in [0.717, 1.165) is 3.57 Å². The minimum Gasteiger partial charge on any atom is -0.298 e. The van der Waals surface area contributed by atoms with Gasteiger partial charge in [0, 0.05) is 14.7 Å². The summed E-state index contributed by atoms with van der Waals surface area (Å²) in [5.74, 6) is -0.205. The van der Waals surface area contributed by atoms with Crippen molar-refractivity contribution in [2.45, 2.75) is 6.92 Å². The third-order valence-corrected chi connectivity index (χ3v) is 2.37. The molecule has 0 fully saturated rings. The number of carbonyl (C=O) groups excluding carboxylic acids is 2. The van der Waals surface area contributed by atoms with Crippen molar-refractivity contribution in [2.75, 3.05) is 0 Å². The van der Waals surface area contributed by atoms with Crippen molar-refractivity contribution in [3.63, 3.8) is 0 Å². The highest BCUT2D eigenvalue weighted by Gasteiger charge is 2.12. The SMILES string of the molecule is CC(=O)c1cc(I)cc(C=O)c1C#N. The van der Waals surface area contributed by atoms with Gasteiger partial charge in [-0.15, -0.1) is 0 Å². The Morgan fingerprint density at radius 3 is 2.64 bits per heavy atom. The molecule has 4 heteroatoms. The summed E-state index contributed by atoms with van der Waals surface area (Å²) >= 11 is 2.00. The first-order chi connectivity index (χ1) is 6.60. The lowest BCUT2D eigenvalue weighted by atomic mass is 10.0. The van der Waals surface area contributed by atoms with E-state index in [9.17, 15) is 9.59 Å². The van der Waals surface area contributed by atoms with Crippen LogP contribution in [0.5, 0.6) is 0 Å². The largest absolute Gasteiger partial charge is 0.298 e. The molecule has 0 N–H and O–H groups in total. The molecule has 0 spiro atoms. The van der Waals surface area contributed by atoms with Crippen LogP contribution >= 0.6 is 22.6 Å². The highest BCUT2D eigenvalue weighted by Crippen LogP contribution is 2.17. The molecule has 0 radical (unpaired) electrons. The van der Waals surface area contributed by atoms with E-state index in [1.807, 2.05) is 28.7 Å². The summed E-state index contributed by atoms with van der Waals surface area (Å²) in [5, 5.41) is 8.81. The summed E-state index contributed by atoms with van der Waals surface area (Å²) in [6, 6.07) is 5.06. The zero-order valence-electron chi connectivity index (χ0n) is 7.37. The molecule has 0 aliphatic heterocycles. The molecular weight excluding hydrogens is 293 g/mol. The zero-order chi connectivity index (χ0) is 10.7. The van der Waals surface area contributed by atoms with Crippen LogP contribution in [0.2, 0.25) is 0 Å². The van der Waals surface area contributed by atoms with E-state index < -0.39 is 0 Å². The Balaban J connectivity index is 3.57. The minimum absolute atomic E-state index is 0.160. The lowest BCUT2D eigenvalue weighted by molar-refractivity contribution is 0.101. The van der Waals surface area contributed by atoms with Crippen LogP contribution in [-0.2, 0) is 0 Å². The van der Waals surface area contributed by atoms with Gasteiger partial charge in [-0.05, 0) is 41.6 Å². The van der Waals surface area contributed by atoms with Crippen molar-refractivity contribution >= 4 is 34.7 Å². The van der Waals surface area contributed by atoms with Gasteiger partial charge in [0.1, 0.15) is 6.07 Å². The molecule has 3 nitrogen and oxygen atoms in total. The molecule has 0 saturated heterocycles. The van der Waals surface area contributed by atoms with Gasteiger partial charge in [0.25, 0.3) is 0 Å². The van der Waals surface area contributed by atoms with Gasteiger partial charge >= 0.3 is 0 Å². The van der Waals surface area contributed by atoms with Gasteiger partial charge in [0.15, 0.2) is 12.1 Å². The van der Waals surface area contributed by atoms with Gasteiger partial charge in [-0.1, -0.05) is 0 Å². The van der Waals surface area contributed by atoms with Crippen LogP contribution in [0, 0.1) is 14.9 Å². The van der Waals surface area contributed by atoms with Crippen molar-refractivity contribution in [1.82, 2.24) is 0 Å². The molecule has 0 aliphatic rings. The topological polar surface area (TPSA) is 57.9 Å². The van der Waals surface area contributed by atoms with E-state index in [1.54, 1.807) is 12.1 Å². The molecule has 0 atom stereocenters. The summed E-state index contributed by atoms with van der Waals surface area (Å²) in [5.41, 5.74) is 0.735. The van der Waals surface area contributed by atoms with Crippen molar-refractivity contribution in [3.05, 3.63) is 32.4 Å². The molecule has 1 rings (SSSR count). The molecule has 0 unspecified atom stereocenters. The number of rotatable bonds is 2. The number of benzene rings is 1. The summed E-state index contributed by atoms with van der Waals surface area (Å²) < 4.78 is 0.772. The number of carbonyl (C=O) groups is 2. The standard InChI is InChI=1S/C10H6INO2/c1-6(14)9-3-8(11)2-7(5-13)10(9)4-12/h2-3,5H,1H3. The molecule has 0 aliphatic carbocycles. The van der Waals surface area contributed by atoms with E-state index in [1.165, 1.54) is 6.92 Å². The van der Waals surface area contributed by atoms with Crippen LogP contribution in [-0.4, -0.2) is 12.1 Å². The van der Waals surface area contributed by atoms with Gasteiger partial charge in [-0.25, -0.2) is 0 Å². The molecule has 0 amide bonds. The van der Waals surface area contributed by atoms with Gasteiger partial charge in [0.2, 0.25) is 0 Å². The average molecular weight is 299 g/mol. The molecule has 14 heavy (non-hydrogen) atoms.